The minimum atomic E-state index is 0.642. The molecule has 0 aliphatic heterocycles. The van der Waals surface area contributed by atoms with Crippen molar-refractivity contribution < 1.29 is 4.74 Å². The van der Waals surface area contributed by atoms with Gasteiger partial charge in [0.2, 0.25) is 5.88 Å². The van der Waals surface area contributed by atoms with Gasteiger partial charge < -0.3 is 10.1 Å². The van der Waals surface area contributed by atoms with E-state index < -0.39 is 0 Å². The molecule has 0 unspecified atom stereocenters. The maximum absolute atomic E-state index is 5.08. The second-order valence-corrected chi connectivity index (χ2v) is 4.10. The van der Waals surface area contributed by atoms with Crippen LogP contribution in [0.3, 0.4) is 0 Å². The van der Waals surface area contributed by atoms with Gasteiger partial charge in [0.25, 0.3) is 0 Å². The van der Waals surface area contributed by atoms with Crippen LogP contribution in [0, 0.1) is 0 Å². The quantitative estimate of drug-likeness (QED) is 0.790. The van der Waals surface area contributed by atoms with Crippen molar-refractivity contribution in [2.24, 2.45) is 0 Å². The number of nitrogens with zero attached hydrogens (tertiary/aromatic N) is 1. The van der Waals surface area contributed by atoms with E-state index in [0.717, 1.165) is 25.1 Å². The summed E-state index contributed by atoms with van der Waals surface area (Å²) < 4.78 is 5.08. The van der Waals surface area contributed by atoms with Crippen LogP contribution in [0.15, 0.2) is 48.7 Å². The molecule has 0 saturated carbocycles. The highest BCUT2D eigenvalue weighted by molar-refractivity contribution is 5.44. The van der Waals surface area contributed by atoms with E-state index in [-0.39, 0.29) is 0 Å². The van der Waals surface area contributed by atoms with Crippen LogP contribution >= 0.6 is 0 Å². The minimum absolute atomic E-state index is 0.642. The summed E-state index contributed by atoms with van der Waals surface area (Å²) in [5.74, 6) is 0.642. The number of methoxy groups -OCH3 is 1. The van der Waals surface area contributed by atoms with E-state index in [4.69, 9.17) is 4.74 Å². The highest BCUT2D eigenvalue weighted by atomic mass is 16.5. The first kappa shape index (κ1) is 12.4. The van der Waals surface area contributed by atoms with Gasteiger partial charge in [-0.15, -0.1) is 0 Å². The standard InChI is InChI=1S/C15H18N2O/c1-18-15-12-14(9-11-17-15)16-10-5-8-13-6-3-2-4-7-13/h2-4,6-7,9,11-12H,5,8,10H2,1H3,(H,16,17). The van der Waals surface area contributed by atoms with Crippen LogP contribution in [0.25, 0.3) is 0 Å². The topological polar surface area (TPSA) is 34.1 Å². The minimum Gasteiger partial charge on any atom is -0.481 e. The fraction of sp³-hybridized carbons (Fsp3) is 0.267. The lowest BCUT2D eigenvalue weighted by molar-refractivity contribution is 0.398. The number of nitrogens with one attached hydrogen (secondary N) is 1. The molecule has 0 amide bonds. The molecule has 1 aromatic carbocycles. The molecule has 0 aliphatic rings. The van der Waals surface area contributed by atoms with E-state index in [0.29, 0.717) is 5.88 Å². The van der Waals surface area contributed by atoms with E-state index in [9.17, 15) is 0 Å². The molecule has 18 heavy (non-hydrogen) atoms. The van der Waals surface area contributed by atoms with Crippen molar-refractivity contribution in [1.82, 2.24) is 4.98 Å². The molecule has 2 aromatic rings. The zero-order chi connectivity index (χ0) is 12.6. The number of pyridine rings is 1. The second kappa shape index (κ2) is 6.64. The number of aryl methyl sites for hydroxylation is 1. The van der Waals surface area contributed by atoms with E-state index in [1.807, 2.05) is 18.2 Å². The van der Waals surface area contributed by atoms with Crippen molar-refractivity contribution in [1.29, 1.82) is 0 Å². The Morgan fingerprint density at radius 2 is 2.00 bits per heavy atom. The summed E-state index contributed by atoms with van der Waals surface area (Å²) in [7, 11) is 1.63. The van der Waals surface area contributed by atoms with Crippen LogP contribution in [0.4, 0.5) is 5.69 Å². The molecule has 0 spiro atoms. The lowest BCUT2D eigenvalue weighted by Gasteiger charge is -2.07. The van der Waals surface area contributed by atoms with Crippen LogP contribution in [0.2, 0.25) is 0 Å². The Morgan fingerprint density at radius 3 is 2.78 bits per heavy atom. The van der Waals surface area contributed by atoms with Gasteiger partial charge in [0.05, 0.1) is 7.11 Å². The van der Waals surface area contributed by atoms with Crippen LogP contribution in [-0.4, -0.2) is 18.6 Å². The third-order valence-corrected chi connectivity index (χ3v) is 2.76. The normalized spacial score (nSPS) is 10.1. The molecule has 0 radical (unpaired) electrons. The van der Waals surface area contributed by atoms with Crippen molar-refractivity contribution in [2.75, 3.05) is 19.0 Å². The molecule has 1 aromatic heterocycles. The lowest BCUT2D eigenvalue weighted by Crippen LogP contribution is -2.03. The fourth-order valence-corrected chi connectivity index (χ4v) is 1.80. The SMILES string of the molecule is COc1cc(NCCCc2ccccc2)ccn1. The Labute approximate surface area is 108 Å². The first-order valence-corrected chi connectivity index (χ1v) is 6.16. The van der Waals surface area contributed by atoms with Gasteiger partial charge in [-0.3, -0.25) is 0 Å². The molecular weight excluding hydrogens is 224 g/mol. The molecular formula is C15H18N2O. The predicted molar refractivity (Wildman–Crippen MR) is 74.0 cm³/mol. The largest absolute Gasteiger partial charge is 0.481 e. The van der Waals surface area contributed by atoms with Gasteiger partial charge in [0.15, 0.2) is 0 Å². The first-order chi connectivity index (χ1) is 8.88. The van der Waals surface area contributed by atoms with E-state index in [1.165, 1.54) is 5.56 Å². The third-order valence-electron chi connectivity index (χ3n) is 2.76. The van der Waals surface area contributed by atoms with Gasteiger partial charge in [0, 0.05) is 24.5 Å². The van der Waals surface area contributed by atoms with Crippen molar-refractivity contribution in [3.63, 3.8) is 0 Å². The number of anilines is 1. The number of hydrogen-bond acceptors (Lipinski definition) is 3. The smallest absolute Gasteiger partial charge is 0.214 e. The van der Waals surface area contributed by atoms with Gasteiger partial charge in [-0.1, -0.05) is 30.3 Å². The summed E-state index contributed by atoms with van der Waals surface area (Å²) >= 11 is 0. The van der Waals surface area contributed by atoms with Gasteiger partial charge in [-0.05, 0) is 24.5 Å². The van der Waals surface area contributed by atoms with Crippen molar-refractivity contribution in [3.8, 4) is 5.88 Å². The molecule has 0 saturated heterocycles. The molecule has 1 heterocycles. The molecule has 1 N–H and O–H groups in total. The number of rotatable bonds is 6. The maximum Gasteiger partial charge on any atom is 0.214 e. The summed E-state index contributed by atoms with van der Waals surface area (Å²) in [6, 6.07) is 14.4. The van der Waals surface area contributed by atoms with E-state index in [1.54, 1.807) is 13.3 Å². The van der Waals surface area contributed by atoms with Crippen LogP contribution < -0.4 is 10.1 Å². The van der Waals surface area contributed by atoms with Crippen LogP contribution in [0.1, 0.15) is 12.0 Å². The van der Waals surface area contributed by atoms with Crippen molar-refractivity contribution in [2.45, 2.75) is 12.8 Å². The average molecular weight is 242 g/mol. The van der Waals surface area contributed by atoms with Crippen LogP contribution in [-0.2, 0) is 6.42 Å². The van der Waals surface area contributed by atoms with Gasteiger partial charge in [-0.25, -0.2) is 4.98 Å². The Bertz CT molecular complexity index is 471. The zero-order valence-corrected chi connectivity index (χ0v) is 10.6. The van der Waals surface area contributed by atoms with Gasteiger partial charge in [-0.2, -0.15) is 0 Å². The molecule has 94 valence electrons. The summed E-state index contributed by atoms with van der Waals surface area (Å²) in [4.78, 5) is 4.07. The first-order valence-electron chi connectivity index (χ1n) is 6.16. The third kappa shape index (κ3) is 3.77. The zero-order valence-electron chi connectivity index (χ0n) is 10.6. The molecule has 0 aliphatic carbocycles. The maximum atomic E-state index is 5.08. The summed E-state index contributed by atoms with van der Waals surface area (Å²) in [5, 5.41) is 3.37. The van der Waals surface area contributed by atoms with E-state index >= 15 is 0 Å². The molecule has 0 fully saturated rings. The Hall–Kier alpha value is -2.03. The average Bonchev–Trinajstić information content (AvgIpc) is 2.45. The molecule has 0 bridgehead atoms. The van der Waals surface area contributed by atoms with Crippen LogP contribution in [0.5, 0.6) is 5.88 Å². The molecule has 2 rings (SSSR count). The van der Waals surface area contributed by atoms with Crippen molar-refractivity contribution in [3.05, 3.63) is 54.2 Å². The highest BCUT2D eigenvalue weighted by Gasteiger charge is 1.96. The highest BCUT2D eigenvalue weighted by Crippen LogP contribution is 2.13. The molecule has 0 atom stereocenters. The fourth-order valence-electron chi connectivity index (χ4n) is 1.80. The lowest BCUT2D eigenvalue weighted by atomic mass is 10.1. The summed E-state index contributed by atoms with van der Waals surface area (Å²) in [5.41, 5.74) is 2.43. The monoisotopic (exact) mass is 242 g/mol. The molecule has 3 heteroatoms. The van der Waals surface area contributed by atoms with Gasteiger partial charge >= 0.3 is 0 Å². The molecule has 3 nitrogen and oxygen atoms in total. The van der Waals surface area contributed by atoms with Crippen molar-refractivity contribution >= 4 is 5.69 Å². The Morgan fingerprint density at radius 1 is 1.17 bits per heavy atom. The second-order valence-electron chi connectivity index (χ2n) is 4.10. The number of aromatic nitrogens is 1. The Balaban J connectivity index is 1.75. The summed E-state index contributed by atoms with van der Waals surface area (Å²) in [6.45, 7) is 0.946. The number of hydrogen-bond donors (Lipinski definition) is 1. The number of ether oxygens (including phenoxy) is 1. The predicted octanol–water partition coefficient (Wildman–Crippen LogP) is 3.13. The Kier molecular flexibility index (Phi) is 4.59. The number of benzene rings is 1. The summed E-state index contributed by atoms with van der Waals surface area (Å²) in [6.07, 6.45) is 3.95. The van der Waals surface area contributed by atoms with E-state index in [2.05, 4.69) is 34.6 Å². The van der Waals surface area contributed by atoms with Gasteiger partial charge in [0.1, 0.15) is 0 Å².